The molecule has 0 N–H and O–H groups in total. The third-order valence-electron chi connectivity index (χ3n) is 1.95. The number of fused-ring (bicyclic) bond motifs is 1. The molecule has 0 unspecified atom stereocenters. The quantitative estimate of drug-likeness (QED) is 0.446. The Morgan fingerprint density at radius 2 is 1.87 bits per heavy atom. The number of carbonyl (C=O) groups excluding carboxylic acids is 3. The Balaban J connectivity index is 2.52. The molecule has 0 radical (unpaired) electrons. The van der Waals surface area contributed by atoms with Crippen LogP contribution in [0.15, 0.2) is 18.2 Å². The molecule has 2 rings (SSSR count). The molecule has 0 bridgehead atoms. The minimum absolute atomic E-state index is 0.0966. The number of esters is 2. The molecule has 1 aliphatic heterocycles. The van der Waals surface area contributed by atoms with Crippen molar-refractivity contribution in [2.24, 2.45) is 0 Å². The van der Waals surface area contributed by atoms with Crippen molar-refractivity contribution in [2.75, 3.05) is 0 Å². The zero-order chi connectivity index (χ0) is 11.0. The predicted octanol–water partition coefficient (Wildman–Crippen LogP) is 1.50. The average molecular weight is 318 g/mol. The third-order valence-corrected chi connectivity index (χ3v) is 2.35. The lowest BCUT2D eigenvalue weighted by Gasteiger charge is -1.97. The van der Waals surface area contributed by atoms with Crippen molar-refractivity contribution in [1.29, 1.82) is 0 Å². The van der Waals surface area contributed by atoms with Gasteiger partial charge < -0.3 is 7.80 Å². The van der Waals surface area contributed by atoms with Gasteiger partial charge in [0.15, 0.2) is 23.0 Å². The maximum absolute atomic E-state index is 11.1. The fourth-order valence-corrected chi connectivity index (χ4v) is 1.51. The predicted molar refractivity (Wildman–Crippen MR) is 55.6 cm³/mol. The van der Waals surface area contributed by atoms with Crippen LogP contribution in [-0.4, -0.2) is 17.9 Å². The summed E-state index contributed by atoms with van der Waals surface area (Å²) in [5.74, 6) is -2.01. The zero-order valence-corrected chi connectivity index (χ0v) is 9.31. The van der Waals surface area contributed by atoms with Crippen molar-refractivity contribution >= 4 is 40.9 Å². The molecule has 5 nitrogen and oxygen atoms in total. The highest BCUT2D eigenvalue weighted by atomic mass is 127. The van der Waals surface area contributed by atoms with Crippen LogP contribution in [-0.2, 0) is 7.80 Å². The van der Waals surface area contributed by atoms with Gasteiger partial charge in [-0.25, -0.2) is 14.4 Å². The standard InChI is InChI=1S/C9H3IO5/c10-15-7(11)4-1-2-5-6(3-4)9(13)14-8(5)12/h1-3H. The molecular weight excluding hydrogens is 315 g/mol. The molecule has 0 amide bonds. The lowest BCUT2D eigenvalue weighted by atomic mass is 10.1. The van der Waals surface area contributed by atoms with Crippen LogP contribution < -0.4 is 0 Å². The Morgan fingerprint density at radius 3 is 2.53 bits per heavy atom. The minimum Gasteiger partial charge on any atom is -0.391 e. The number of ether oxygens (including phenoxy) is 1. The van der Waals surface area contributed by atoms with Crippen molar-refractivity contribution in [3.8, 4) is 0 Å². The van der Waals surface area contributed by atoms with Crippen LogP contribution in [0.2, 0.25) is 0 Å². The van der Waals surface area contributed by atoms with E-state index in [-0.39, 0.29) is 16.7 Å². The van der Waals surface area contributed by atoms with Crippen molar-refractivity contribution in [2.45, 2.75) is 0 Å². The first-order valence-corrected chi connectivity index (χ1v) is 4.75. The molecule has 0 aromatic heterocycles. The van der Waals surface area contributed by atoms with Crippen molar-refractivity contribution in [1.82, 2.24) is 0 Å². The van der Waals surface area contributed by atoms with Crippen LogP contribution in [0.3, 0.4) is 0 Å². The summed E-state index contributed by atoms with van der Waals surface area (Å²) in [6.07, 6.45) is 0. The van der Waals surface area contributed by atoms with E-state index >= 15 is 0 Å². The van der Waals surface area contributed by atoms with Crippen LogP contribution in [0, 0.1) is 0 Å². The molecule has 6 heteroatoms. The Bertz CT molecular complexity index is 479. The van der Waals surface area contributed by atoms with Gasteiger partial charge in [-0.2, -0.15) is 0 Å². The Labute approximate surface area is 98.0 Å². The Morgan fingerprint density at radius 1 is 1.20 bits per heavy atom. The molecular formula is C9H3IO5. The minimum atomic E-state index is -0.738. The van der Waals surface area contributed by atoms with Gasteiger partial charge in [0, 0.05) is 0 Å². The lowest BCUT2D eigenvalue weighted by molar-refractivity contribution is 0.0443. The maximum Gasteiger partial charge on any atom is 0.347 e. The van der Waals surface area contributed by atoms with E-state index in [2.05, 4.69) is 7.80 Å². The average Bonchev–Trinajstić information content (AvgIpc) is 2.53. The van der Waals surface area contributed by atoms with Gasteiger partial charge in [-0.05, 0) is 18.2 Å². The number of cyclic esters (lactones) is 2. The molecule has 15 heavy (non-hydrogen) atoms. The number of benzene rings is 1. The first-order chi connectivity index (χ1) is 7.13. The second-order valence-electron chi connectivity index (χ2n) is 2.80. The second-order valence-corrected chi connectivity index (χ2v) is 3.24. The van der Waals surface area contributed by atoms with Crippen LogP contribution in [0.5, 0.6) is 0 Å². The van der Waals surface area contributed by atoms with Gasteiger partial charge in [-0.15, -0.1) is 0 Å². The smallest absolute Gasteiger partial charge is 0.347 e. The first kappa shape index (κ1) is 10.1. The van der Waals surface area contributed by atoms with Crippen molar-refractivity contribution in [3.05, 3.63) is 34.9 Å². The molecule has 0 fully saturated rings. The molecule has 0 spiro atoms. The van der Waals surface area contributed by atoms with Gasteiger partial charge in [0.25, 0.3) is 0 Å². The summed E-state index contributed by atoms with van der Waals surface area (Å²) in [6.45, 7) is 0. The number of halogens is 1. The summed E-state index contributed by atoms with van der Waals surface area (Å²) in [5.41, 5.74) is 0.471. The number of hydrogen-bond donors (Lipinski definition) is 0. The fourth-order valence-electron chi connectivity index (χ4n) is 1.26. The molecule has 0 saturated heterocycles. The monoisotopic (exact) mass is 318 g/mol. The summed E-state index contributed by atoms with van der Waals surface area (Å²) < 4.78 is 8.82. The van der Waals surface area contributed by atoms with E-state index in [0.29, 0.717) is 0 Å². The Hall–Kier alpha value is -1.44. The Kier molecular flexibility index (Phi) is 2.43. The van der Waals surface area contributed by atoms with Crippen LogP contribution in [0.25, 0.3) is 0 Å². The summed E-state index contributed by atoms with van der Waals surface area (Å²) in [5, 5.41) is 0. The SMILES string of the molecule is O=C(OI)c1ccc2c(c1)C(=O)OC2=O. The largest absolute Gasteiger partial charge is 0.391 e. The van der Waals surface area contributed by atoms with Gasteiger partial charge in [0.2, 0.25) is 0 Å². The molecule has 1 aromatic rings. The van der Waals surface area contributed by atoms with E-state index in [4.69, 9.17) is 0 Å². The van der Waals surface area contributed by atoms with E-state index in [9.17, 15) is 14.4 Å². The van der Waals surface area contributed by atoms with Gasteiger partial charge in [0.05, 0.1) is 16.7 Å². The van der Waals surface area contributed by atoms with Crippen molar-refractivity contribution < 1.29 is 22.2 Å². The van der Waals surface area contributed by atoms with E-state index in [0.717, 1.165) is 0 Å². The fraction of sp³-hybridized carbons (Fsp3) is 0. The van der Waals surface area contributed by atoms with E-state index in [1.165, 1.54) is 41.2 Å². The molecule has 1 heterocycles. The van der Waals surface area contributed by atoms with E-state index in [1.807, 2.05) is 0 Å². The molecule has 0 saturated carbocycles. The second kappa shape index (κ2) is 3.61. The summed E-state index contributed by atoms with van der Waals surface area (Å²) in [7, 11) is 0. The highest BCUT2D eigenvalue weighted by molar-refractivity contribution is 14.1. The molecule has 1 aliphatic rings. The van der Waals surface area contributed by atoms with Gasteiger partial charge >= 0.3 is 17.9 Å². The third kappa shape index (κ3) is 1.60. The zero-order valence-electron chi connectivity index (χ0n) is 7.15. The van der Waals surface area contributed by atoms with Crippen LogP contribution >= 0.6 is 23.0 Å². The topological polar surface area (TPSA) is 69.7 Å². The van der Waals surface area contributed by atoms with Gasteiger partial charge in [0.1, 0.15) is 0 Å². The highest BCUT2D eigenvalue weighted by Crippen LogP contribution is 2.21. The number of hydrogen-bond acceptors (Lipinski definition) is 5. The maximum atomic E-state index is 11.1. The van der Waals surface area contributed by atoms with Crippen LogP contribution in [0.4, 0.5) is 0 Å². The summed E-state index contributed by atoms with van der Waals surface area (Å²) in [4.78, 5) is 33.3. The molecule has 76 valence electrons. The number of carbonyl (C=O) groups is 3. The highest BCUT2D eigenvalue weighted by Gasteiger charge is 2.30. The molecule has 0 aliphatic carbocycles. The van der Waals surface area contributed by atoms with Crippen molar-refractivity contribution in [3.63, 3.8) is 0 Å². The molecule has 1 aromatic carbocycles. The first-order valence-electron chi connectivity index (χ1n) is 3.87. The summed E-state index contributed by atoms with van der Waals surface area (Å²) in [6, 6.07) is 4.05. The van der Waals surface area contributed by atoms with E-state index < -0.39 is 17.9 Å². The van der Waals surface area contributed by atoms with Gasteiger partial charge in [-0.3, -0.25) is 0 Å². The summed E-state index contributed by atoms with van der Waals surface area (Å²) >= 11 is 1.44. The molecule has 0 atom stereocenters. The van der Waals surface area contributed by atoms with Gasteiger partial charge in [-0.1, -0.05) is 0 Å². The lowest BCUT2D eigenvalue weighted by Crippen LogP contribution is -2.01. The van der Waals surface area contributed by atoms with E-state index in [1.54, 1.807) is 0 Å². The normalized spacial score (nSPS) is 13.4. The number of rotatable bonds is 1. The van der Waals surface area contributed by atoms with Crippen LogP contribution in [0.1, 0.15) is 31.1 Å².